The van der Waals surface area contributed by atoms with Gasteiger partial charge in [0.1, 0.15) is 6.10 Å². The summed E-state index contributed by atoms with van der Waals surface area (Å²) in [5.41, 5.74) is 0.669. The zero-order chi connectivity index (χ0) is 23.3. The zero-order valence-electron chi connectivity index (χ0n) is 19.5. The van der Waals surface area contributed by atoms with Crippen LogP contribution in [-0.4, -0.2) is 40.5 Å². The van der Waals surface area contributed by atoms with Gasteiger partial charge in [0.2, 0.25) is 0 Å². The van der Waals surface area contributed by atoms with Gasteiger partial charge in [-0.15, -0.1) is 0 Å². The average Bonchev–Trinajstić information content (AvgIpc) is 2.66. The summed E-state index contributed by atoms with van der Waals surface area (Å²) in [6.45, 7) is 10.1. The van der Waals surface area contributed by atoms with Crippen LogP contribution in [0.2, 0.25) is 0 Å². The van der Waals surface area contributed by atoms with Crippen molar-refractivity contribution in [2.24, 2.45) is 29.1 Å². The van der Waals surface area contributed by atoms with E-state index in [1.807, 2.05) is 20.8 Å². The Morgan fingerprint density at radius 2 is 1.94 bits per heavy atom. The lowest BCUT2D eigenvalue weighted by atomic mass is 9.65. The molecular formula is C25H39O6-. The number of carboxylic acids is 1. The number of rotatable bonds is 10. The first-order chi connectivity index (χ1) is 14.4. The number of aliphatic carboxylic acids is 1. The summed E-state index contributed by atoms with van der Waals surface area (Å²) in [6.07, 6.45) is 6.66. The number of fused-ring (bicyclic) bond motifs is 1. The molecule has 0 aromatic rings. The fourth-order valence-corrected chi connectivity index (χ4v) is 4.76. The van der Waals surface area contributed by atoms with Gasteiger partial charge in [0.25, 0.3) is 0 Å². The summed E-state index contributed by atoms with van der Waals surface area (Å²) >= 11 is 0. The van der Waals surface area contributed by atoms with Crippen LogP contribution in [-0.2, 0) is 14.3 Å². The third kappa shape index (κ3) is 6.91. The van der Waals surface area contributed by atoms with Gasteiger partial charge in [0.05, 0.1) is 17.6 Å². The van der Waals surface area contributed by atoms with Gasteiger partial charge in [-0.05, 0) is 69.3 Å². The molecule has 5 unspecified atom stereocenters. The van der Waals surface area contributed by atoms with E-state index in [4.69, 9.17) is 4.74 Å². The standard InChI is InChI=1S/C25H40O6/c1-6-25(4,5)24(30)31-21-12-15(2)11-17-8-7-16(3)20(23(17)21)10-9-18(26)13-19(27)14-22(28)29/h7-8,11,15-16,18-21,23,26-27H,6,9-10,12-14H2,1-5H3,(H,28,29)/p-1/t15-,16-,18?,19?,20?,21?,23?/m0/s1. The van der Waals surface area contributed by atoms with E-state index in [0.717, 1.165) is 6.42 Å². The van der Waals surface area contributed by atoms with Gasteiger partial charge in [-0.25, -0.2) is 0 Å². The summed E-state index contributed by atoms with van der Waals surface area (Å²) in [7, 11) is 0. The Balaban J connectivity index is 2.12. The lowest BCUT2D eigenvalue weighted by Crippen LogP contribution is -2.43. The van der Waals surface area contributed by atoms with Gasteiger partial charge in [0, 0.05) is 18.3 Å². The van der Waals surface area contributed by atoms with Gasteiger partial charge >= 0.3 is 5.97 Å². The molecule has 6 heteroatoms. The lowest BCUT2D eigenvalue weighted by molar-refractivity contribution is -0.307. The van der Waals surface area contributed by atoms with E-state index in [1.165, 1.54) is 5.57 Å². The number of esters is 1. The number of hydrogen-bond acceptors (Lipinski definition) is 6. The predicted molar refractivity (Wildman–Crippen MR) is 117 cm³/mol. The lowest BCUT2D eigenvalue weighted by Gasteiger charge is -2.44. The fourth-order valence-electron chi connectivity index (χ4n) is 4.76. The van der Waals surface area contributed by atoms with Crippen LogP contribution in [0.15, 0.2) is 23.8 Å². The topological polar surface area (TPSA) is 107 Å². The van der Waals surface area contributed by atoms with E-state index in [-0.39, 0.29) is 36.2 Å². The van der Waals surface area contributed by atoms with Crippen molar-refractivity contribution in [3.63, 3.8) is 0 Å². The highest BCUT2D eigenvalue weighted by molar-refractivity contribution is 5.76. The van der Waals surface area contributed by atoms with Gasteiger partial charge < -0.3 is 24.9 Å². The van der Waals surface area contributed by atoms with E-state index in [1.54, 1.807) is 0 Å². The third-order valence-electron chi connectivity index (χ3n) is 7.07. The average molecular weight is 436 g/mol. The summed E-state index contributed by atoms with van der Waals surface area (Å²) in [6, 6.07) is 0. The van der Waals surface area contributed by atoms with Gasteiger partial charge in [-0.1, -0.05) is 39.0 Å². The first-order valence-electron chi connectivity index (χ1n) is 11.6. The van der Waals surface area contributed by atoms with Crippen LogP contribution in [0.25, 0.3) is 0 Å². The van der Waals surface area contributed by atoms with E-state index < -0.39 is 30.0 Å². The van der Waals surface area contributed by atoms with E-state index in [9.17, 15) is 24.9 Å². The summed E-state index contributed by atoms with van der Waals surface area (Å²) in [5, 5.41) is 30.8. The Morgan fingerprint density at radius 3 is 2.55 bits per heavy atom. The first kappa shape index (κ1) is 25.6. The predicted octanol–water partition coefficient (Wildman–Crippen LogP) is 2.77. The number of aliphatic hydroxyl groups excluding tert-OH is 2. The quantitative estimate of drug-likeness (QED) is 0.511. The number of allylic oxidation sites excluding steroid dienone is 3. The minimum atomic E-state index is -1.32. The molecule has 0 heterocycles. The minimum Gasteiger partial charge on any atom is -0.550 e. The molecule has 0 spiro atoms. The summed E-state index contributed by atoms with van der Waals surface area (Å²) in [4.78, 5) is 23.5. The van der Waals surface area contributed by atoms with Gasteiger partial charge in [0.15, 0.2) is 0 Å². The molecule has 0 saturated carbocycles. The maximum absolute atomic E-state index is 12.8. The first-order valence-corrected chi connectivity index (χ1v) is 11.6. The van der Waals surface area contributed by atoms with Crippen molar-refractivity contribution in [2.75, 3.05) is 0 Å². The minimum absolute atomic E-state index is 0.0123. The Kier molecular flexibility index (Phi) is 8.90. The number of carboxylic acid groups (broad SMARTS) is 1. The molecule has 7 atom stereocenters. The summed E-state index contributed by atoms with van der Waals surface area (Å²) in [5.74, 6) is -0.641. The molecule has 6 nitrogen and oxygen atoms in total. The van der Waals surface area contributed by atoms with E-state index in [0.29, 0.717) is 25.2 Å². The maximum Gasteiger partial charge on any atom is 0.311 e. The maximum atomic E-state index is 12.8. The molecule has 2 rings (SSSR count). The number of carbonyl (C=O) groups excluding carboxylic acids is 2. The van der Waals surface area contributed by atoms with Crippen LogP contribution in [0.5, 0.6) is 0 Å². The van der Waals surface area contributed by atoms with Crippen LogP contribution in [0.1, 0.15) is 73.1 Å². The van der Waals surface area contributed by atoms with Crippen molar-refractivity contribution in [3.05, 3.63) is 23.8 Å². The molecule has 2 aliphatic carbocycles. The highest BCUT2D eigenvalue weighted by atomic mass is 16.5. The molecule has 0 radical (unpaired) electrons. The third-order valence-corrected chi connectivity index (χ3v) is 7.07. The molecule has 0 bridgehead atoms. The van der Waals surface area contributed by atoms with E-state index in [2.05, 4.69) is 32.1 Å². The second kappa shape index (κ2) is 10.8. The molecule has 0 fully saturated rings. The second-order valence-corrected chi connectivity index (χ2v) is 10.2. The van der Waals surface area contributed by atoms with Crippen molar-refractivity contribution in [2.45, 2.75) is 91.5 Å². The Hall–Kier alpha value is -1.66. The van der Waals surface area contributed by atoms with Gasteiger partial charge in [-0.3, -0.25) is 4.79 Å². The molecule has 0 amide bonds. The van der Waals surface area contributed by atoms with E-state index >= 15 is 0 Å². The Labute approximate surface area is 186 Å². The highest BCUT2D eigenvalue weighted by Gasteiger charge is 2.42. The van der Waals surface area contributed by atoms with Crippen LogP contribution >= 0.6 is 0 Å². The summed E-state index contributed by atoms with van der Waals surface area (Å²) < 4.78 is 6.09. The number of carbonyl (C=O) groups is 2. The molecule has 31 heavy (non-hydrogen) atoms. The van der Waals surface area contributed by atoms with Crippen LogP contribution in [0, 0.1) is 29.1 Å². The van der Waals surface area contributed by atoms with Gasteiger partial charge in [-0.2, -0.15) is 0 Å². The van der Waals surface area contributed by atoms with Crippen molar-refractivity contribution < 1.29 is 29.6 Å². The van der Waals surface area contributed by atoms with Crippen molar-refractivity contribution in [1.82, 2.24) is 0 Å². The van der Waals surface area contributed by atoms with Crippen molar-refractivity contribution in [1.29, 1.82) is 0 Å². The molecule has 0 aromatic heterocycles. The molecular weight excluding hydrogens is 396 g/mol. The smallest absolute Gasteiger partial charge is 0.311 e. The molecule has 2 aliphatic rings. The normalized spacial score (nSPS) is 30.2. The monoisotopic (exact) mass is 435 g/mol. The van der Waals surface area contributed by atoms with Crippen molar-refractivity contribution >= 4 is 11.9 Å². The second-order valence-electron chi connectivity index (χ2n) is 10.2. The molecule has 0 saturated heterocycles. The number of hydrogen-bond donors (Lipinski definition) is 2. The molecule has 0 aromatic carbocycles. The Bertz CT molecular complexity index is 694. The zero-order valence-corrected chi connectivity index (χ0v) is 19.5. The van der Waals surface area contributed by atoms with Crippen molar-refractivity contribution in [3.8, 4) is 0 Å². The molecule has 2 N–H and O–H groups in total. The SMILES string of the molecule is CCC(C)(C)C(=O)OC1C[C@@H](C)C=C2C=C[C@H](C)C(CCC(O)CC(O)CC(=O)[O-])C21. The molecule has 176 valence electrons. The Morgan fingerprint density at radius 1 is 1.26 bits per heavy atom. The largest absolute Gasteiger partial charge is 0.550 e. The fraction of sp³-hybridized carbons (Fsp3) is 0.760. The molecule has 0 aliphatic heterocycles. The van der Waals surface area contributed by atoms with Crippen LogP contribution in [0.3, 0.4) is 0 Å². The van der Waals surface area contributed by atoms with Crippen LogP contribution in [0.4, 0.5) is 0 Å². The van der Waals surface area contributed by atoms with Crippen LogP contribution < -0.4 is 5.11 Å². The number of aliphatic hydroxyl groups is 2. The highest BCUT2D eigenvalue weighted by Crippen LogP contribution is 2.45. The number of ether oxygens (including phenoxy) is 1.